The molecule has 5 heteroatoms. The van der Waals surface area contributed by atoms with Crippen molar-refractivity contribution in [2.45, 2.75) is 59.3 Å². The number of rotatable bonds is 9. The maximum absolute atomic E-state index is 9.08. The third-order valence-electron chi connectivity index (χ3n) is 3.15. The smallest absolute Gasteiger partial charge is 0.0916 e. The lowest BCUT2D eigenvalue weighted by atomic mass is 10.4. The predicted molar refractivity (Wildman–Crippen MR) is 87.8 cm³/mol. The van der Waals surface area contributed by atoms with Gasteiger partial charge in [0.2, 0.25) is 0 Å². The molecule has 0 atom stereocenters. The second-order valence-corrected chi connectivity index (χ2v) is 11.5. The molecule has 0 aromatic rings. The topological polar surface area (TPSA) is 57.2 Å². The van der Waals surface area contributed by atoms with E-state index in [0.717, 1.165) is 0 Å². The van der Waals surface area contributed by atoms with E-state index < -0.39 is 17.4 Å². The van der Waals surface area contributed by atoms with Crippen molar-refractivity contribution < 1.29 is 13.0 Å². The highest BCUT2D eigenvalue weighted by atomic mass is 32.2. The van der Waals surface area contributed by atoms with Gasteiger partial charge >= 0.3 is 0 Å². The number of hydrogen-bond acceptors (Lipinski definition) is 3. The Morgan fingerprint density at radius 1 is 0.842 bits per heavy atom. The van der Waals surface area contributed by atoms with Crippen LogP contribution in [0.1, 0.15) is 59.3 Å². The Kier molecular flexibility index (Phi) is 13.8. The van der Waals surface area contributed by atoms with Gasteiger partial charge in [-0.3, -0.25) is 0 Å². The van der Waals surface area contributed by atoms with Crippen molar-refractivity contribution in [2.24, 2.45) is 0 Å². The van der Waals surface area contributed by atoms with Crippen molar-refractivity contribution >= 4 is 17.4 Å². The van der Waals surface area contributed by atoms with E-state index in [0.29, 0.717) is 6.26 Å². The summed E-state index contributed by atoms with van der Waals surface area (Å²) < 4.78 is 27.2. The summed E-state index contributed by atoms with van der Waals surface area (Å²) in [5.41, 5.74) is 0. The van der Waals surface area contributed by atoms with Gasteiger partial charge in [-0.1, -0.05) is 40.0 Å². The molecule has 118 valence electrons. The fourth-order valence-electron chi connectivity index (χ4n) is 1.95. The van der Waals surface area contributed by atoms with Gasteiger partial charge < -0.3 is 4.55 Å². The minimum atomic E-state index is -3.92. The SMILES string of the molecule is CCCC[P+](C)(CCCC)CCCC.CS(=O)(=O)[O-]. The first-order valence-electron chi connectivity index (χ1n) is 7.43. The van der Waals surface area contributed by atoms with Crippen molar-refractivity contribution in [3.05, 3.63) is 0 Å². The van der Waals surface area contributed by atoms with Crippen LogP contribution in [0.15, 0.2) is 0 Å². The molecule has 0 saturated carbocycles. The molecule has 0 rings (SSSR count). The van der Waals surface area contributed by atoms with Crippen LogP contribution in [-0.4, -0.2) is 44.4 Å². The summed E-state index contributed by atoms with van der Waals surface area (Å²) in [5, 5.41) is 0. The quantitative estimate of drug-likeness (QED) is 0.473. The van der Waals surface area contributed by atoms with E-state index in [-0.39, 0.29) is 0 Å². The van der Waals surface area contributed by atoms with Crippen LogP contribution in [0.4, 0.5) is 0 Å². The molecule has 0 aliphatic heterocycles. The molecule has 19 heavy (non-hydrogen) atoms. The lowest BCUT2D eigenvalue weighted by Gasteiger charge is -2.22. The summed E-state index contributed by atoms with van der Waals surface area (Å²) in [7, 11) is -4.44. The first-order valence-corrected chi connectivity index (χ1v) is 12.0. The molecule has 0 saturated heterocycles. The molecule has 0 aromatic carbocycles. The van der Waals surface area contributed by atoms with Crippen molar-refractivity contribution in [2.75, 3.05) is 31.4 Å². The molecular formula is C14H33O3PS. The van der Waals surface area contributed by atoms with Gasteiger partial charge in [-0.05, 0) is 19.3 Å². The van der Waals surface area contributed by atoms with Crippen LogP contribution >= 0.6 is 7.26 Å². The Bertz CT molecular complexity index is 259. The molecule has 0 spiro atoms. The van der Waals surface area contributed by atoms with Crippen molar-refractivity contribution in [1.82, 2.24) is 0 Å². The summed E-state index contributed by atoms with van der Waals surface area (Å²) in [6.45, 7) is 9.59. The zero-order valence-corrected chi connectivity index (χ0v) is 15.2. The second kappa shape index (κ2) is 12.1. The van der Waals surface area contributed by atoms with Gasteiger partial charge in [0.15, 0.2) is 0 Å². The summed E-state index contributed by atoms with van der Waals surface area (Å²) >= 11 is 0. The van der Waals surface area contributed by atoms with E-state index in [4.69, 9.17) is 13.0 Å². The molecule has 0 aromatic heterocycles. The molecule has 0 bridgehead atoms. The molecule has 0 aliphatic rings. The van der Waals surface area contributed by atoms with E-state index in [9.17, 15) is 0 Å². The molecule has 3 nitrogen and oxygen atoms in total. The standard InChI is InChI=1S/C13H30P.CH4O3S/c1-5-8-11-14(4,12-9-6-2)13-10-7-3;1-5(2,3)4/h5-13H2,1-4H3;1H3,(H,2,3,4)/q+1;/p-1. The Labute approximate surface area is 121 Å². The third kappa shape index (κ3) is 20.8. The number of unbranched alkanes of at least 4 members (excludes halogenated alkanes) is 3. The zero-order valence-electron chi connectivity index (χ0n) is 13.4. The average molecular weight is 312 g/mol. The third-order valence-corrected chi connectivity index (χ3v) is 7.34. The van der Waals surface area contributed by atoms with Crippen LogP contribution in [0, 0.1) is 0 Å². The Morgan fingerprint density at radius 3 is 1.21 bits per heavy atom. The fourth-order valence-corrected chi connectivity index (χ4v) is 5.86. The Morgan fingerprint density at radius 2 is 1.05 bits per heavy atom. The maximum Gasteiger partial charge on any atom is 0.0916 e. The molecule has 0 fully saturated rings. The van der Waals surface area contributed by atoms with Gasteiger partial charge in [0.1, 0.15) is 0 Å². The van der Waals surface area contributed by atoms with Crippen LogP contribution in [0.25, 0.3) is 0 Å². The van der Waals surface area contributed by atoms with Gasteiger partial charge in [0.05, 0.1) is 28.6 Å². The largest absolute Gasteiger partial charge is 0.748 e. The molecule has 0 aliphatic carbocycles. The van der Waals surface area contributed by atoms with Crippen molar-refractivity contribution in [3.63, 3.8) is 0 Å². The molecule has 0 radical (unpaired) electrons. The Hall–Kier alpha value is 0.340. The van der Waals surface area contributed by atoms with E-state index in [1.165, 1.54) is 38.5 Å². The molecule has 0 unspecified atom stereocenters. The van der Waals surface area contributed by atoms with E-state index in [1.807, 2.05) is 0 Å². The number of hydrogen-bond donors (Lipinski definition) is 0. The predicted octanol–water partition coefficient (Wildman–Crippen LogP) is 4.20. The van der Waals surface area contributed by atoms with Gasteiger partial charge in [-0.2, -0.15) is 0 Å². The van der Waals surface area contributed by atoms with Gasteiger partial charge in [0.25, 0.3) is 0 Å². The maximum atomic E-state index is 9.08. The van der Waals surface area contributed by atoms with Crippen LogP contribution in [0.5, 0.6) is 0 Å². The highest BCUT2D eigenvalue weighted by molar-refractivity contribution is 7.84. The zero-order chi connectivity index (χ0) is 15.4. The van der Waals surface area contributed by atoms with Crippen LogP contribution in [-0.2, 0) is 10.1 Å². The highest BCUT2D eigenvalue weighted by Crippen LogP contribution is 2.57. The first-order chi connectivity index (χ1) is 8.68. The average Bonchev–Trinajstić information content (AvgIpc) is 2.30. The van der Waals surface area contributed by atoms with E-state index >= 15 is 0 Å². The van der Waals surface area contributed by atoms with Crippen molar-refractivity contribution in [1.29, 1.82) is 0 Å². The normalized spacial score (nSPS) is 11.9. The van der Waals surface area contributed by atoms with Crippen molar-refractivity contribution in [3.8, 4) is 0 Å². The van der Waals surface area contributed by atoms with Crippen LogP contribution in [0.3, 0.4) is 0 Å². The van der Waals surface area contributed by atoms with E-state index in [1.54, 1.807) is 18.5 Å². The van der Waals surface area contributed by atoms with Crippen LogP contribution in [0.2, 0.25) is 0 Å². The minimum absolute atomic E-state index is 0.519. The molecule has 0 amide bonds. The fraction of sp³-hybridized carbons (Fsp3) is 1.00. The summed E-state index contributed by atoms with van der Waals surface area (Å²) in [6.07, 6.45) is 13.8. The summed E-state index contributed by atoms with van der Waals surface area (Å²) in [5.74, 6) is 0. The summed E-state index contributed by atoms with van der Waals surface area (Å²) in [6, 6.07) is 0. The monoisotopic (exact) mass is 312 g/mol. The second-order valence-electron chi connectivity index (χ2n) is 5.56. The van der Waals surface area contributed by atoms with Gasteiger partial charge in [-0.15, -0.1) is 0 Å². The molecule has 0 N–H and O–H groups in total. The molecule has 0 heterocycles. The first kappa shape index (κ1) is 21.6. The lowest BCUT2D eigenvalue weighted by molar-refractivity contribution is 0.470. The van der Waals surface area contributed by atoms with Gasteiger partial charge in [0, 0.05) is 20.2 Å². The minimum Gasteiger partial charge on any atom is -0.748 e. The lowest BCUT2D eigenvalue weighted by Crippen LogP contribution is -2.07. The van der Waals surface area contributed by atoms with Gasteiger partial charge in [-0.25, -0.2) is 8.42 Å². The van der Waals surface area contributed by atoms with E-state index in [2.05, 4.69) is 27.4 Å². The summed E-state index contributed by atoms with van der Waals surface area (Å²) in [4.78, 5) is 0. The van der Waals surface area contributed by atoms with Crippen LogP contribution < -0.4 is 0 Å². The Balaban J connectivity index is 0. The highest BCUT2D eigenvalue weighted by Gasteiger charge is 2.28. The molecular weight excluding hydrogens is 279 g/mol.